The Kier molecular flexibility index (Phi) is 5.29. The minimum atomic E-state index is 0.692. The van der Waals surface area contributed by atoms with Gasteiger partial charge in [0.1, 0.15) is 0 Å². The molecule has 1 aliphatic carbocycles. The molecule has 4 atom stereocenters. The molecule has 1 aromatic carbocycles. The summed E-state index contributed by atoms with van der Waals surface area (Å²) in [7, 11) is 0. The lowest BCUT2D eigenvalue weighted by atomic mass is 9.72. The lowest BCUT2D eigenvalue weighted by molar-refractivity contribution is 0.174. The van der Waals surface area contributed by atoms with Crippen LogP contribution in [0.2, 0.25) is 0 Å². The number of nitrogens with one attached hydrogen (secondary N) is 1. The summed E-state index contributed by atoms with van der Waals surface area (Å²) in [5.41, 5.74) is 1.57. The monoisotopic (exact) mass is 303 g/mol. The Balaban J connectivity index is 1.76. The van der Waals surface area contributed by atoms with Crippen LogP contribution in [0.15, 0.2) is 29.2 Å². The van der Waals surface area contributed by atoms with Crippen LogP contribution in [0.1, 0.15) is 51.5 Å². The zero-order valence-corrected chi connectivity index (χ0v) is 14.3. The lowest BCUT2D eigenvalue weighted by Crippen LogP contribution is -2.47. The van der Waals surface area contributed by atoms with Crippen molar-refractivity contribution >= 4 is 11.8 Å². The topological polar surface area (TPSA) is 12.0 Å². The summed E-state index contributed by atoms with van der Waals surface area (Å²) in [5, 5.41) is 4.61. The van der Waals surface area contributed by atoms with Gasteiger partial charge in [0.25, 0.3) is 0 Å². The molecule has 21 heavy (non-hydrogen) atoms. The molecule has 0 bridgehead atoms. The van der Waals surface area contributed by atoms with E-state index in [1.807, 2.05) is 0 Å². The van der Waals surface area contributed by atoms with Crippen molar-refractivity contribution in [3.05, 3.63) is 29.8 Å². The molecule has 1 N–H and O–H groups in total. The van der Waals surface area contributed by atoms with Gasteiger partial charge in [-0.2, -0.15) is 0 Å². The summed E-state index contributed by atoms with van der Waals surface area (Å²) in [6, 6.07) is 9.70. The first-order valence-corrected chi connectivity index (χ1v) is 9.69. The second kappa shape index (κ2) is 7.19. The third-order valence-corrected chi connectivity index (χ3v) is 6.88. The molecule has 1 aliphatic heterocycles. The van der Waals surface area contributed by atoms with Crippen LogP contribution in [0.4, 0.5) is 0 Å². The van der Waals surface area contributed by atoms with Crippen molar-refractivity contribution in [1.29, 1.82) is 0 Å². The normalized spacial score (nSPS) is 30.1. The molecular formula is C19H29NS. The quantitative estimate of drug-likeness (QED) is 0.830. The Morgan fingerprint density at radius 1 is 1.19 bits per heavy atom. The Morgan fingerprint density at radius 2 is 2.00 bits per heavy atom. The van der Waals surface area contributed by atoms with E-state index in [0.717, 1.165) is 23.6 Å². The number of hydrogen-bond acceptors (Lipinski definition) is 2. The van der Waals surface area contributed by atoms with E-state index in [2.05, 4.69) is 55.2 Å². The molecule has 0 saturated heterocycles. The third kappa shape index (κ3) is 3.32. The first-order valence-electron chi connectivity index (χ1n) is 8.81. The van der Waals surface area contributed by atoms with Crippen molar-refractivity contribution in [3.8, 4) is 0 Å². The molecule has 1 nitrogen and oxygen atoms in total. The smallest absolute Gasteiger partial charge is 0.0292 e. The van der Waals surface area contributed by atoms with Crippen LogP contribution in [0.25, 0.3) is 0 Å². The average Bonchev–Trinajstić information content (AvgIpc) is 2.96. The zero-order chi connectivity index (χ0) is 14.7. The van der Waals surface area contributed by atoms with Crippen LogP contribution < -0.4 is 5.32 Å². The molecular weight excluding hydrogens is 274 g/mol. The van der Waals surface area contributed by atoms with Crippen LogP contribution in [0, 0.1) is 11.8 Å². The van der Waals surface area contributed by atoms with Gasteiger partial charge in [-0.25, -0.2) is 0 Å². The van der Waals surface area contributed by atoms with Crippen molar-refractivity contribution < 1.29 is 0 Å². The summed E-state index contributed by atoms with van der Waals surface area (Å²) in [5.74, 6) is 1.82. The molecule has 0 amide bonds. The van der Waals surface area contributed by atoms with Crippen molar-refractivity contribution in [2.24, 2.45) is 11.8 Å². The number of benzene rings is 1. The molecule has 2 heteroatoms. The highest BCUT2D eigenvalue weighted by atomic mass is 32.2. The average molecular weight is 304 g/mol. The Morgan fingerprint density at radius 3 is 2.76 bits per heavy atom. The minimum Gasteiger partial charge on any atom is -0.313 e. The number of thioether (sulfide) groups is 1. The highest BCUT2D eigenvalue weighted by Gasteiger charge is 2.37. The van der Waals surface area contributed by atoms with Gasteiger partial charge in [-0.1, -0.05) is 57.7 Å². The number of fused-ring (bicyclic) bond motifs is 1. The third-order valence-electron chi connectivity index (χ3n) is 5.47. The summed E-state index contributed by atoms with van der Waals surface area (Å²) >= 11 is 2.13. The van der Waals surface area contributed by atoms with Gasteiger partial charge in [-0.3, -0.25) is 0 Å². The van der Waals surface area contributed by atoms with E-state index in [1.54, 1.807) is 5.56 Å². The van der Waals surface area contributed by atoms with E-state index in [1.165, 1.54) is 43.4 Å². The first-order chi connectivity index (χ1) is 10.3. The first kappa shape index (κ1) is 15.4. The van der Waals surface area contributed by atoms with Crippen molar-refractivity contribution in [1.82, 2.24) is 5.32 Å². The van der Waals surface area contributed by atoms with Crippen LogP contribution in [0.5, 0.6) is 0 Å². The van der Waals surface area contributed by atoms with Gasteiger partial charge in [0, 0.05) is 16.2 Å². The lowest BCUT2D eigenvalue weighted by Gasteiger charge is -2.40. The summed E-state index contributed by atoms with van der Waals surface area (Å²) in [4.78, 5) is 1.52. The van der Waals surface area contributed by atoms with Gasteiger partial charge < -0.3 is 5.32 Å². The van der Waals surface area contributed by atoms with Gasteiger partial charge >= 0.3 is 0 Å². The SMILES string of the molecule is CCNC(C1Cc2ccccc2S1)C1CCCCC1CC. The van der Waals surface area contributed by atoms with Crippen molar-refractivity contribution in [2.75, 3.05) is 6.54 Å². The van der Waals surface area contributed by atoms with E-state index in [0.29, 0.717) is 6.04 Å². The maximum absolute atomic E-state index is 3.87. The predicted octanol–water partition coefficient (Wildman–Crippen LogP) is 4.90. The number of hydrogen-bond donors (Lipinski definition) is 1. The highest BCUT2D eigenvalue weighted by molar-refractivity contribution is 8.00. The van der Waals surface area contributed by atoms with Gasteiger partial charge in [-0.15, -0.1) is 11.8 Å². The standard InChI is InChI=1S/C19H29NS/c1-3-14-9-5-7-11-16(14)19(20-4-2)18-13-15-10-6-8-12-17(15)21-18/h6,8,10,12,14,16,18-20H,3-5,7,9,11,13H2,1-2H3. The summed E-state index contributed by atoms with van der Waals surface area (Å²) in [6.45, 7) is 5.76. The zero-order valence-electron chi connectivity index (χ0n) is 13.5. The molecule has 1 fully saturated rings. The fraction of sp³-hybridized carbons (Fsp3) is 0.684. The second-order valence-electron chi connectivity index (χ2n) is 6.67. The maximum Gasteiger partial charge on any atom is 0.0292 e. The predicted molar refractivity (Wildman–Crippen MR) is 93.0 cm³/mol. The van der Waals surface area contributed by atoms with Gasteiger partial charge in [-0.05, 0) is 42.9 Å². The molecule has 0 radical (unpaired) electrons. The molecule has 0 aromatic heterocycles. The Hall–Kier alpha value is -0.470. The van der Waals surface area contributed by atoms with E-state index >= 15 is 0 Å². The molecule has 116 valence electrons. The van der Waals surface area contributed by atoms with E-state index in [9.17, 15) is 0 Å². The van der Waals surface area contributed by atoms with Crippen LogP contribution in [-0.2, 0) is 6.42 Å². The van der Waals surface area contributed by atoms with Gasteiger partial charge in [0.15, 0.2) is 0 Å². The fourth-order valence-electron chi connectivity index (χ4n) is 4.42. The Bertz CT molecular complexity index is 434. The number of rotatable bonds is 5. The van der Waals surface area contributed by atoms with Crippen LogP contribution >= 0.6 is 11.8 Å². The molecule has 1 aromatic rings. The minimum absolute atomic E-state index is 0.692. The Labute approximate surface area is 134 Å². The van der Waals surface area contributed by atoms with Gasteiger partial charge in [0.05, 0.1) is 0 Å². The second-order valence-corrected chi connectivity index (χ2v) is 7.95. The van der Waals surface area contributed by atoms with Crippen LogP contribution in [0.3, 0.4) is 0 Å². The van der Waals surface area contributed by atoms with Crippen LogP contribution in [-0.4, -0.2) is 17.8 Å². The maximum atomic E-state index is 3.87. The van der Waals surface area contributed by atoms with Gasteiger partial charge in [0.2, 0.25) is 0 Å². The summed E-state index contributed by atoms with van der Waals surface area (Å²) in [6.07, 6.45) is 8.39. The molecule has 0 spiro atoms. The molecule has 2 aliphatic rings. The van der Waals surface area contributed by atoms with E-state index < -0.39 is 0 Å². The van der Waals surface area contributed by atoms with Crippen molar-refractivity contribution in [3.63, 3.8) is 0 Å². The van der Waals surface area contributed by atoms with E-state index in [-0.39, 0.29) is 0 Å². The molecule has 1 saturated carbocycles. The largest absolute Gasteiger partial charge is 0.313 e. The van der Waals surface area contributed by atoms with Crippen molar-refractivity contribution in [2.45, 2.75) is 68.6 Å². The van der Waals surface area contributed by atoms with E-state index in [4.69, 9.17) is 0 Å². The molecule has 4 unspecified atom stereocenters. The molecule has 3 rings (SSSR count). The fourth-order valence-corrected chi connectivity index (χ4v) is 5.91. The molecule has 1 heterocycles. The summed E-state index contributed by atoms with van der Waals surface area (Å²) < 4.78 is 0. The highest BCUT2D eigenvalue weighted by Crippen LogP contribution is 2.44.